The van der Waals surface area contributed by atoms with Crippen LogP contribution in [0.3, 0.4) is 0 Å². The van der Waals surface area contributed by atoms with Crippen molar-refractivity contribution in [2.75, 3.05) is 35.7 Å². The average molecular weight is 277 g/mol. The minimum atomic E-state index is 0.270. The average Bonchev–Trinajstić information content (AvgIpc) is 2.45. The van der Waals surface area contributed by atoms with Crippen LogP contribution in [0.25, 0.3) is 10.8 Å². The van der Waals surface area contributed by atoms with Gasteiger partial charge in [-0.15, -0.1) is 0 Å². The van der Waals surface area contributed by atoms with Crippen LogP contribution in [0.1, 0.15) is 6.42 Å². The third-order valence-electron chi connectivity index (χ3n) is 2.87. The van der Waals surface area contributed by atoms with E-state index in [1.165, 1.54) is 0 Å². The fourth-order valence-electron chi connectivity index (χ4n) is 1.87. The second kappa shape index (κ2) is 7.21. The summed E-state index contributed by atoms with van der Waals surface area (Å²) in [5.41, 5.74) is 7.90. The molecule has 1 heterocycles. The van der Waals surface area contributed by atoms with Crippen LogP contribution < -0.4 is 11.1 Å². The molecular formula is C14H19N3OS. The Bertz CT molecular complexity index is 533. The highest BCUT2D eigenvalue weighted by molar-refractivity contribution is 7.99. The molecular weight excluding hydrogens is 258 g/mol. The fourth-order valence-corrected chi connectivity index (χ4v) is 2.66. The lowest BCUT2D eigenvalue weighted by Gasteiger charge is -2.11. The zero-order valence-electron chi connectivity index (χ0n) is 10.8. The highest BCUT2D eigenvalue weighted by Crippen LogP contribution is 2.27. The molecule has 4 N–H and O–H groups in total. The van der Waals surface area contributed by atoms with Crippen molar-refractivity contribution in [2.45, 2.75) is 6.42 Å². The summed E-state index contributed by atoms with van der Waals surface area (Å²) in [6.45, 7) is 1.14. The van der Waals surface area contributed by atoms with E-state index in [9.17, 15) is 0 Å². The summed E-state index contributed by atoms with van der Waals surface area (Å²) in [6, 6.07) is 5.96. The quantitative estimate of drug-likeness (QED) is 0.535. The number of aliphatic hydroxyl groups is 1. The van der Waals surface area contributed by atoms with Crippen molar-refractivity contribution in [1.29, 1.82) is 0 Å². The smallest absolute Gasteiger partial charge is 0.0630 e. The van der Waals surface area contributed by atoms with Crippen LogP contribution in [-0.4, -0.2) is 34.7 Å². The minimum absolute atomic E-state index is 0.270. The van der Waals surface area contributed by atoms with Crippen molar-refractivity contribution in [3.8, 4) is 0 Å². The van der Waals surface area contributed by atoms with Gasteiger partial charge in [-0.25, -0.2) is 0 Å². The van der Waals surface area contributed by atoms with E-state index in [-0.39, 0.29) is 6.61 Å². The minimum Gasteiger partial charge on any atom is -0.397 e. The van der Waals surface area contributed by atoms with Crippen LogP contribution in [-0.2, 0) is 0 Å². The molecule has 19 heavy (non-hydrogen) atoms. The number of aromatic nitrogens is 1. The Kier molecular flexibility index (Phi) is 5.30. The van der Waals surface area contributed by atoms with Gasteiger partial charge in [0.2, 0.25) is 0 Å². The maximum Gasteiger partial charge on any atom is 0.0630 e. The van der Waals surface area contributed by atoms with E-state index in [2.05, 4.69) is 10.3 Å². The maximum atomic E-state index is 8.69. The number of nitrogen functional groups attached to an aromatic ring is 1. The molecule has 2 rings (SSSR count). The van der Waals surface area contributed by atoms with Crippen LogP contribution in [0.5, 0.6) is 0 Å². The number of hydrogen-bond donors (Lipinski definition) is 3. The van der Waals surface area contributed by atoms with Gasteiger partial charge in [-0.1, -0.05) is 6.07 Å². The summed E-state index contributed by atoms with van der Waals surface area (Å²) in [7, 11) is 0. The first-order chi connectivity index (χ1) is 9.33. The molecule has 5 heteroatoms. The molecule has 0 amide bonds. The number of pyridine rings is 1. The molecule has 0 saturated heterocycles. The molecule has 0 unspecified atom stereocenters. The van der Waals surface area contributed by atoms with E-state index in [1.807, 2.05) is 36.2 Å². The Morgan fingerprint density at radius 1 is 1.26 bits per heavy atom. The van der Waals surface area contributed by atoms with E-state index < -0.39 is 0 Å². The molecule has 0 atom stereocenters. The summed E-state index contributed by atoms with van der Waals surface area (Å²) in [5, 5.41) is 14.1. The lowest BCUT2D eigenvalue weighted by Crippen LogP contribution is -2.07. The van der Waals surface area contributed by atoms with Gasteiger partial charge in [-0.3, -0.25) is 4.98 Å². The number of nitrogens with one attached hydrogen (secondary N) is 1. The van der Waals surface area contributed by atoms with Crippen molar-refractivity contribution >= 4 is 33.9 Å². The summed E-state index contributed by atoms with van der Waals surface area (Å²) < 4.78 is 0. The Hall–Kier alpha value is -1.46. The second-order valence-electron chi connectivity index (χ2n) is 4.24. The first-order valence-electron chi connectivity index (χ1n) is 6.37. The number of fused-ring (bicyclic) bond motifs is 1. The normalized spacial score (nSPS) is 10.8. The number of aliphatic hydroxyl groups excluding tert-OH is 1. The highest BCUT2D eigenvalue weighted by atomic mass is 32.2. The molecule has 4 nitrogen and oxygen atoms in total. The van der Waals surface area contributed by atoms with Crippen LogP contribution in [0, 0.1) is 0 Å². The lowest BCUT2D eigenvalue weighted by atomic mass is 10.1. The summed E-state index contributed by atoms with van der Waals surface area (Å²) in [6.07, 6.45) is 4.43. The lowest BCUT2D eigenvalue weighted by molar-refractivity contribution is 0.296. The number of nitrogens with two attached hydrogens (primary N) is 1. The third-order valence-corrected chi connectivity index (χ3v) is 3.94. The van der Waals surface area contributed by atoms with E-state index in [0.29, 0.717) is 0 Å². The molecule has 0 aliphatic rings. The zero-order chi connectivity index (χ0) is 13.5. The molecule has 0 radical (unpaired) electrons. The molecule has 0 saturated carbocycles. The number of benzene rings is 1. The van der Waals surface area contributed by atoms with Gasteiger partial charge in [0.05, 0.1) is 11.4 Å². The third kappa shape index (κ3) is 3.75. The summed E-state index contributed by atoms with van der Waals surface area (Å²) in [5.74, 6) is 2.00. The number of anilines is 2. The SMILES string of the molecule is Nc1c(NCCSCCCO)ccc2cnccc12. The fraction of sp³-hybridized carbons (Fsp3) is 0.357. The Labute approximate surface area is 117 Å². The van der Waals surface area contributed by atoms with Gasteiger partial charge in [0.15, 0.2) is 0 Å². The molecule has 0 spiro atoms. The van der Waals surface area contributed by atoms with E-state index >= 15 is 0 Å². The predicted molar refractivity (Wildman–Crippen MR) is 83.7 cm³/mol. The predicted octanol–water partition coefficient (Wildman–Crippen LogP) is 2.34. The van der Waals surface area contributed by atoms with Crippen molar-refractivity contribution in [3.05, 3.63) is 30.6 Å². The Balaban J connectivity index is 1.92. The second-order valence-corrected chi connectivity index (χ2v) is 5.46. The van der Waals surface area contributed by atoms with Crippen LogP contribution in [0.15, 0.2) is 30.6 Å². The van der Waals surface area contributed by atoms with Gasteiger partial charge in [0.1, 0.15) is 0 Å². The molecule has 1 aromatic carbocycles. The van der Waals surface area contributed by atoms with Gasteiger partial charge < -0.3 is 16.2 Å². The molecule has 0 bridgehead atoms. The standard InChI is InChI=1S/C14H19N3OS/c15-14-12-4-5-16-10-11(12)2-3-13(14)17-6-9-19-8-1-7-18/h2-5,10,17-18H,1,6-9,15H2. The molecule has 102 valence electrons. The van der Waals surface area contributed by atoms with E-state index in [0.717, 1.165) is 46.6 Å². The van der Waals surface area contributed by atoms with Crippen molar-refractivity contribution in [3.63, 3.8) is 0 Å². The zero-order valence-corrected chi connectivity index (χ0v) is 11.6. The molecule has 0 aliphatic heterocycles. The molecule has 0 aliphatic carbocycles. The first kappa shape index (κ1) is 14.0. The van der Waals surface area contributed by atoms with Gasteiger partial charge in [0.25, 0.3) is 0 Å². The Morgan fingerprint density at radius 2 is 2.16 bits per heavy atom. The number of thioether (sulfide) groups is 1. The monoisotopic (exact) mass is 277 g/mol. The number of rotatable bonds is 7. The number of nitrogens with zero attached hydrogens (tertiary/aromatic N) is 1. The van der Waals surface area contributed by atoms with Crippen LogP contribution in [0.2, 0.25) is 0 Å². The Morgan fingerprint density at radius 3 is 3.00 bits per heavy atom. The molecule has 1 aromatic heterocycles. The van der Waals surface area contributed by atoms with Crippen molar-refractivity contribution in [1.82, 2.24) is 4.98 Å². The molecule has 0 fully saturated rings. The largest absolute Gasteiger partial charge is 0.397 e. The topological polar surface area (TPSA) is 71.2 Å². The van der Waals surface area contributed by atoms with E-state index in [1.54, 1.807) is 6.20 Å². The van der Waals surface area contributed by atoms with Crippen LogP contribution >= 0.6 is 11.8 Å². The van der Waals surface area contributed by atoms with Crippen molar-refractivity contribution in [2.24, 2.45) is 0 Å². The molecule has 2 aromatic rings. The van der Waals surface area contributed by atoms with Gasteiger partial charge in [-0.05, 0) is 24.3 Å². The number of hydrogen-bond acceptors (Lipinski definition) is 5. The van der Waals surface area contributed by atoms with E-state index in [4.69, 9.17) is 10.8 Å². The van der Waals surface area contributed by atoms with Crippen LogP contribution in [0.4, 0.5) is 11.4 Å². The summed E-state index contributed by atoms with van der Waals surface area (Å²) in [4.78, 5) is 4.09. The maximum absolute atomic E-state index is 8.69. The van der Waals surface area contributed by atoms with Crippen molar-refractivity contribution < 1.29 is 5.11 Å². The van der Waals surface area contributed by atoms with Gasteiger partial charge in [-0.2, -0.15) is 11.8 Å². The summed E-state index contributed by atoms with van der Waals surface area (Å²) >= 11 is 1.83. The highest BCUT2D eigenvalue weighted by Gasteiger charge is 2.03. The van der Waals surface area contributed by atoms with Gasteiger partial charge in [0, 0.05) is 42.1 Å². The van der Waals surface area contributed by atoms with Gasteiger partial charge >= 0.3 is 0 Å². The first-order valence-corrected chi connectivity index (χ1v) is 7.53.